The maximum absolute atomic E-state index is 12.1. The van der Waals surface area contributed by atoms with Crippen molar-refractivity contribution in [1.82, 2.24) is 15.1 Å². The first-order valence-electron chi connectivity index (χ1n) is 5.96. The van der Waals surface area contributed by atoms with Crippen LogP contribution >= 0.6 is 0 Å². The molecule has 1 aromatic rings. The van der Waals surface area contributed by atoms with Crippen LogP contribution in [0.15, 0.2) is 4.42 Å². The number of anilines is 1. The van der Waals surface area contributed by atoms with Gasteiger partial charge in [-0.1, -0.05) is 5.10 Å². The molecule has 1 aromatic heterocycles. The van der Waals surface area contributed by atoms with Crippen molar-refractivity contribution in [3.8, 4) is 0 Å². The van der Waals surface area contributed by atoms with Crippen molar-refractivity contribution < 1.29 is 9.21 Å². The van der Waals surface area contributed by atoms with Gasteiger partial charge in [-0.15, -0.1) is 5.10 Å². The summed E-state index contributed by atoms with van der Waals surface area (Å²) >= 11 is 0. The minimum Gasteiger partial charge on any atom is -0.406 e. The molecule has 0 bridgehead atoms. The van der Waals surface area contributed by atoms with Crippen LogP contribution in [0.4, 0.5) is 6.01 Å². The molecule has 0 aliphatic carbocycles. The zero-order valence-electron chi connectivity index (χ0n) is 11.2. The van der Waals surface area contributed by atoms with Crippen LogP contribution < -0.4 is 10.6 Å². The summed E-state index contributed by atoms with van der Waals surface area (Å²) in [4.78, 5) is 15.7. The molecule has 2 N–H and O–H groups in total. The number of hydrogen-bond donors (Lipinski definition) is 1. The van der Waals surface area contributed by atoms with Gasteiger partial charge in [0.05, 0.1) is 6.04 Å². The highest BCUT2D eigenvalue weighted by molar-refractivity contribution is 5.89. The molecule has 18 heavy (non-hydrogen) atoms. The van der Waals surface area contributed by atoms with E-state index in [4.69, 9.17) is 10.2 Å². The summed E-state index contributed by atoms with van der Waals surface area (Å²) in [6, 6.07) is 0.0475. The van der Waals surface area contributed by atoms with Gasteiger partial charge in [0.25, 0.3) is 0 Å². The summed E-state index contributed by atoms with van der Waals surface area (Å²) in [6.45, 7) is 6.77. The van der Waals surface area contributed by atoms with Crippen LogP contribution in [0, 0.1) is 0 Å². The second-order valence-electron chi connectivity index (χ2n) is 5.15. The third-order valence-corrected chi connectivity index (χ3v) is 3.25. The molecule has 0 radical (unpaired) electrons. The van der Waals surface area contributed by atoms with E-state index in [2.05, 4.69) is 10.2 Å². The summed E-state index contributed by atoms with van der Waals surface area (Å²) in [6.07, 6.45) is 0. The Bertz CT molecular complexity index is 454. The maximum Gasteiger partial charge on any atom is 0.319 e. The highest BCUT2D eigenvalue weighted by atomic mass is 16.4. The highest BCUT2D eigenvalue weighted by Gasteiger charge is 2.42. The molecule has 0 aromatic carbocycles. The van der Waals surface area contributed by atoms with Crippen LogP contribution in [-0.4, -0.2) is 46.7 Å². The van der Waals surface area contributed by atoms with E-state index in [1.54, 1.807) is 18.9 Å². The molecule has 2 rings (SSSR count). The van der Waals surface area contributed by atoms with Gasteiger partial charge in [-0.2, -0.15) is 0 Å². The lowest BCUT2D eigenvalue weighted by molar-refractivity contribution is -0.136. The van der Waals surface area contributed by atoms with Gasteiger partial charge in [0.1, 0.15) is 5.54 Å². The Morgan fingerprint density at radius 3 is 2.61 bits per heavy atom. The number of carbonyl (C=O) groups is 1. The van der Waals surface area contributed by atoms with Gasteiger partial charge in [-0.3, -0.25) is 4.79 Å². The largest absolute Gasteiger partial charge is 0.406 e. The molecular formula is C11H19N5O2. The number of piperazine rings is 1. The van der Waals surface area contributed by atoms with Crippen LogP contribution in [0.25, 0.3) is 0 Å². The van der Waals surface area contributed by atoms with Crippen molar-refractivity contribution in [2.75, 3.05) is 25.0 Å². The molecule has 0 spiro atoms. The lowest BCUT2D eigenvalue weighted by Gasteiger charge is -2.43. The first kappa shape index (κ1) is 12.8. The van der Waals surface area contributed by atoms with E-state index in [0.29, 0.717) is 25.0 Å². The molecular weight excluding hydrogens is 234 g/mol. The summed E-state index contributed by atoms with van der Waals surface area (Å²) in [7, 11) is 1.79. The van der Waals surface area contributed by atoms with E-state index in [-0.39, 0.29) is 11.9 Å². The average Bonchev–Trinajstić information content (AvgIpc) is 2.75. The Labute approximate surface area is 106 Å². The van der Waals surface area contributed by atoms with Crippen LogP contribution in [0.5, 0.6) is 0 Å². The molecule has 100 valence electrons. The zero-order chi connectivity index (χ0) is 13.5. The number of nitrogens with zero attached hydrogens (tertiary/aromatic N) is 4. The topological polar surface area (TPSA) is 88.5 Å². The van der Waals surface area contributed by atoms with Crippen molar-refractivity contribution in [2.24, 2.45) is 5.73 Å². The van der Waals surface area contributed by atoms with Crippen molar-refractivity contribution >= 4 is 11.9 Å². The van der Waals surface area contributed by atoms with Crippen molar-refractivity contribution in [3.05, 3.63) is 5.89 Å². The van der Waals surface area contributed by atoms with Crippen molar-refractivity contribution in [2.45, 2.75) is 32.4 Å². The molecule has 7 nitrogen and oxygen atoms in total. The monoisotopic (exact) mass is 253 g/mol. The van der Waals surface area contributed by atoms with E-state index in [0.717, 1.165) is 0 Å². The van der Waals surface area contributed by atoms with Gasteiger partial charge in [-0.05, 0) is 20.8 Å². The number of rotatable bonds is 2. The van der Waals surface area contributed by atoms with E-state index in [9.17, 15) is 4.79 Å². The molecule has 1 saturated heterocycles. The third kappa shape index (κ3) is 1.94. The standard InChI is InChI=1S/C11H19N5O2/c1-7(12)8-13-14-10(18-8)16-6-5-15(4)9(17)11(16,2)3/h7H,5-6,12H2,1-4H3. The van der Waals surface area contributed by atoms with Crippen LogP contribution in [0.1, 0.15) is 32.7 Å². The predicted octanol–water partition coefficient (Wildman–Crippen LogP) is 0.146. The molecule has 1 amide bonds. The normalized spacial score (nSPS) is 21.3. The van der Waals surface area contributed by atoms with Crippen LogP contribution in [0.2, 0.25) is 0 Å². The molecule has 1 atom stereocenters. The zero-order valence-corrected chi connectivity index (χ0v) is 11.2. The molecule has 1 aliphatic rings. The Hall–Kier alpha value is -1.63. The predicted molar refractivity (Wildman–Crippen MR) is 66.0 cm³/mol. The van der Waals surface area contributed by atoms with Gasteiger partial charge in [0.15, 0.2) is 0 Å². The molecule has 1 aliphatic heterocycles. The molecule has 2 heterocycles. The molecule has 7 heteroatoms. The fourth-order valence-electron chi connectivity index (χ4n) is 2.07. The lowest BCUT2D eigenvalue weighted by atomic mass is 9.98. The Morgan fingerprint density at radius 1 is 1.39 bits per heavy atom. The number of aromatic nitrogens is 2. The average molecular weight is 253 g/mol. The van der Waals surface area contributed by atoms with Gasteiger partial charge in [0, 0.05) is 20.1 Å². The molecule has 0 saturated carbocycles. The minimum absolute atomic E-state index is 0.0364. The second kappa shape index (κ2) is 4.24. The Morgan fingerprint density at radius 2 is 2.06 bits per heavy atom. The maximum atomic E-state index is 12.1. The number of nitrogens with two attached hydrogens (primary N) is 1. The van der Waals surface area contributed by atoms with Crippen LogP contribution in [0.3, 0.4) is 0 Å². The summed E-state index contributed by atoms with van der Waals surface area (Å²) < 4.78 is 5.51. The molecule has 1 unspecified atom stereocenters. The highest BCUT2D eigenvalue weighted by Crippen LogP contribution is 2.28. The van der Waals surface area contributed by atoms with E-state index in [1.807, 2.05) is 18.7 Å². The number of hydrogen-bond acceptors (Lipinski definition) is 6. The first-order valence-corrected chi connectivity index (χ1v) is 5.96. The van der Waals surface area contributed by atoms with Gasteiger partial charge in [0.2, 0.25) is 11.8 Å². The third-order valence-electron chi connectivity index (χ3n) is 3.25. The summed E-state index contributed by atoms with van der Waals surface area (Å²) in [5, 5.41) is 7.87. The van der Waals surface area contributed by atoms with E-state index >= 15 is 0 Å². The van der Waals surface area contributed by atoms with Crippen molar-refractivity contribution in [1.29, 1.82) is 0 Å². The Kier molecular flexibility index (Phi) is 3.02. The van der Waals surface area contributed by atoms with Gasteiger partial charge < -0.3 is 20.0 Å². The number of carbonyl (C=O) groups excluding carboxylic acids is 1. The fraction of sp³-hybridized carbons (Fsp3) is 0.727. The first-order chi connectivity index (χ1) is 8.34. The molecule has 1 fully saturated rings. The smallest absolute Gasteiger partial charge is 0.319 e. The fourth-order valence-corrected chi connectivity index (χ4v) is 2.07. The van der Waals surface area contributed by atoms with Crippen LogP contribution in [-0.2, 0) is 4.79 Å². The summed E-state index contributed by atoms with van der Waals surface area (Å²) in [5.74, 6) is 0.418. The lowest BCUT2D eigenvalue weighted by Crippen LogP contribution is -2.62. The second-order valence-corrected chi connectivity index (χ2v) is 5.15. The Balaban J connectivity index is 2.29. The summed E-state index contributed by atoms with van der Waals surface area (Å²) in [5.41, 5.74) is 5.00. The SMILES string of the molecule is CC(N)c1nnc(N2CCN(C)C(=O)C2(C)C)o1. The number of amides is 1. The minimum atomic E-state index is -0.686. The van der Waals surface area contributed by atoms with Gasteiger partial charge >= 0.3 is 6.01 Å². The van der Waals surface area contributed by atoms with Gasteiger partial charge in [-0.25, -0.2) is 0 Å². The number of likely N-dealkylation sites (N-methyl/N-ethyl adjacent to an activating group) is 1. The van der Waals surface area contributed by atoms with Crippen molar-refractivity contribution in [3.63, 3.8) is 0 Å². The van der Waals surface area contributed by atoms with E-state index in [1.165, 1.54) is 0 Å². The van der Waals surface area contributed by atoms with E-state index < -0.39 is 5.54 Å². The quantitative estimate of drug-likeness (QED) is 0.807.